The number of hydrogen-bond donors (Lipinski definition) is 0. The average molecular weight is 315 g/mol. The van der Waals surface area contributed by atoms with Crippen LogP contribution in [0, 0.1) is 17.8 Å². The van der Waals surface area contributed by atoms with Gasteiger partial charge in [-0.2, -0.15) is 0 Å². The molecule has 5 nitrogen and oxygen atoms in total. The molecule has 4 rings (SSSR count). The van der Waals surface area contributed by atoms with Crippen LogP contribution in [0.25, 0.3) is 0 Å². The van der Waals surface area contributed by atoms with Crippen LogP contribution in [0.5, 0.6) is 0 Å². The molecule has 0 spiro atoms. The Morgan fingerprint density at radius 2 is 2.09 bits per heavy atom. The minimum atomic E-state index is 0.111. The Labute approximate surface area is 137 Å². The van der Waals surface area contributed by atoms with E-state index in [0.29, 0.717) is 24.3 Å². The number of pyridine rings is 1. The number of fused-ring (bicyclic) bond motifs is 2. The second-order valence-corrected chi connectivity index (χ2v) is 7.33. The van der Waals surface area contributed by atoms with Gasteiger partial charge in [-0.1, -0.05) is 6.07 Å². The summed E-state index contributed by atoms with van der Waals surface area (Å²) in [6.45, 7) is 6.39. The summed E-state index contributed by atoms with van der Waals surface area (Å²) in [7, 11) is 0. The van der Waals surface area contributed by atoms with Crippen molar-refractivity contribution in [2.75, 3.05) is 39.4 Å². The molecule has 0 aromatic carbocycles. The molecule has 1 aromatic heterocycles. The first kappa shape index (κ1) is 15.1. The van der Waals surface area contributed by atoms with Crippen molar-refractivity contribution in [2.45, 2.75) is 19.4 Å². The van der Waals surface area contributed by atoms with E-state index in [1.54, 1.807) is 0 Å². The third-order valence-electron chi connectivity index (χ3n) is 5.38. The molecule has 0 radical (unpaired) electrons. The smallest absolute Gasteiger partial charge is 0.228 e. The summed E-state index contributed by atoms with van der Waals surface area (Å²) in [4.78, 5) is 21.5. The Bertz CT molecular complexity index is 530. The largest absolute Gasteiger partial charge is 0.381 e. The minimum Gasteiger partial charge on any atom is -0.381 e. The number of aromatic nitrogens is 1. The summed E-state index contributed by atoms with van der Waals surface area (Å²) in [6, 6.07) is 4.15. The predicted molar refractivity (Wildman–Crippen MR) is 86.6 cm³/mol. The van der Waals surface area contributed by atoms with Crippen molar-refractivity contribution in [2.24, 2.45) is 17.8 Å². The Morgan fingerprint density at radius 3 is 2.74 bits per heavy atom. The predicted octanol–water partition coefficient (Wildman–Crippen LogP) is 1.40. The molecular formula is C18H25N3O2. The quantitative estimate of drug-likeness (QED) is 0.846. The zero-order valence-electron chi connectivity index (χ0n) is 13.6. The molecule has 23 heavy (non-hydrogen) atoms. The van der Waals surface area contributed by atoms with Gasteiger partial charge in [-0.05, 0) is 36.3 Å². The van der Waals surface area contributed by atoms with Crippen molar-refractivity contribution >= 4 is 5.91 Å². The van der Waals surface area contributed by atoms with E-state index in [9.17, 15) is 4.79 Å². The zero-order chi connectivity index (χ0) is 15.6. The zero-order valence-corrected chi connectivity index (χ0v) is 13.6. The number of carbonyl (C=O) groups excluding carboxylic acids is 1. The fourth-order valence-corrected chi connectivity index (χ4v) is 4.43. The highest BCUT2D eigenvalue weighted by Gasteiger charge is 2.38. The van der Waals surface area contributed by atoms with E-state index in [1.165, 1.54) is 12.0 Å². The monoisotopic (exact) mass is 315 g/mol. The van der Waals surface area contributed by atoms with Crippen molar-refractivity contribution < 1.29 is 9.53 Å². The van der Waals surface area contributed by atoms with Crippen LogP contribution < -0.4 is 0 Å². The topological polar surface area (TPSA) is 45.7 Å². The van der Waals surface area contributed by atoms with Crippen LogP contribution in [0.4, 0.5) is 0 Å². The van der Waals surface area contributed by atoms with Crippen LogP contribution in [0.3, 0.4) is 0 Å². The Balaban J connectivity index is 1.36. The molecule has 3 saturated heterocycles. The lowest BCUT2D eigenvalue weighted by Crippen LogP contribution is -2.54. The van der Waals surface area contributed by atoms with Gasteiger partial charge < -0.3 is 9.64 Å². The molecule has 0 aliphatic carbocycles. The van der Waals surface area contributed by atoms with Crippen LogP contribution in [-0.4, -0.2) is 60.1 Å². The van der Waals surface area contributed by atoms with Gasteiger partial charge in [0, 0.05) is 51.7 Å². The fraction of sp³-hybridized carbons (Fsp3) is 0.667. The van der Waals surface area contributed by atoms with Crippen LogP contribution >= 0.6 is 0 Å². The maximum atomic E-state index is 12.6. The number of likely N-dealkylation sites (tertiary alicyclic amines) is 2. The molecule has 0 unspecified atom stereocenters. The van der Waals surface area contributed by atoms with Crippen molar-refractivity contribution in [1.29, 1.82) is 0 Å². The first-order valence-electron chi connectivity index (χ1n) is 8.75. The lowest BCUT2D eigenvalue weighted by atomic mass is 9.84. The maximum absolute atomic E-state index is 12.6. The third-order valence-corrected chi connectivity index (χ3v) is 5.38. The molecule has 124 valence electrons. The molecule has 1 aromatic rings. The van der Waals surface area contributed by atoms with E-state index in [2.05, 4.69) is 20.9 Å². The van der Waals surface area contributed by atoms with E-state index in [0.717, 1.165) is 45.8 Å². The van der Waals surface area contributed by atoms with E-state index >= 15 is 0 Å². The number of carbonyl (C=O) groups is 1. The SMILES string of the molecule is O=C([C@H]1CCOC1)N1C[C@H]2C[C@@H](CN(Cc3cccnc3)C2)C1. The molecule has 2 bridgehead atoms. The van der Waals surface area contributed by atoms with Crippen LogP contribution in [0.15, 0.2) is 24.5 Å². The molecule has 5 heteroatoms. The molecule has 4 heterocycles. The normalized spacial score (nSPS) is 31.3. The molecule has 0 saturated carbocycles. The summed E-state index contributed by atoms with van der Waals surface area (Å²) in [5.74, 6) is 1.68. The molecular weight excluding hydrogens is 290 g/mol. The highest BCUT2D eigenvalue weighted by molar-refractivity contribution is 5.79. The summed E-state index contributed by atoms with van der Waals surface area (Å²) in [6.07, 6.45) is 5.96. The van der Waals surface area contributed by atoms with Gasteiger partial charge in [0.1, 0.15) is 0 Å². The van der Waals surface area contributed by atoms with Crippen LogP contribution in [-0.2, 0) is 16.1 Å². The second kappa shape index (κ2) is 6.57. The second-order valence-electron chi connectivity index (χ2n) is 7.33. The number of piperidine rings is 2. The van der Waals surface area contributed by atoms with Gasteiger partial charge in [-0.3, -0.25) is 14.7 Å². The van der Waals surface area contributed by atoms with Crippen molar-refractivity contribution in [3.05, 3.63) is 30.1 Å². The molecule has 3 atom stereocenters. The van der Waals surface area contributed by atoms with Gasteiger partial charge in [0.25, 0.3) is 0 Å². The van der Waals surface area contributed by atoms with Crippen LogP contribution in [0.2, 0.25) is 0 Å². The minimum absolute atomic E-state index is 0.111. The molecule has 3 fully saturated rings. The van der Waals surface area contributed by atoms with Gasteiger partial charge >= 0.3 is 0 Å². The first-order chi connectivity index (χ1) is 11.3. The number of ether oxygens (including phenoxy) is 1. The number of hydrogen-bond acceptors (Lipinski definition) is 4. The van der Waals surface area contributed by atoms with Crippen molar-refractivity contribution in [3.8, 4) is 0 Å². The molecule has 0 N–H and O–H groups in total. The Morgan fingerprint density at radius 1 is 1.26 bits per heavy atom. The fourth-order valence-electron chi connectivity index (χ4n) is 4.43. The van der Waals surface area contributed by atoms with E-state index in [-0.39, 0.29) is 5.92 Å². The summed E-state index contributed by atoms with van der Waals surface area (Å²) < 4.78 is 5.38. The molecule has 3 aliphatic heterocycles. The van der Waals surface area contributed by atoms with Gasteiger partial charge in [0.2, 0.25) is 5.91 Å². The maximum Gasteiger partial charge on any atom is 0.228 e. The van der Waals surface area contributed by atoms with Crippen molar-refractivity contribution in [3.63, 3.8) is 0 Å². The highest BCUT2D eigenvalue weighted by Crippen LogP contribution is 2.31. The lowest BCUT2D eigenvalue weighted by molar-refractivity contribution is -0.140. The van der Waals surface area contributed by atoms with Crippen molar-refractivity contribution in [1.82, 2.24) is 14.8 Å². The van der Waals surface area contributed by atoms with E-state index in [4.69, 9.17) is 4.74 Å². The van der Waals surface area contributed by atoms with Gasteiger partial charge in [0.15, 0.2) is 0 Å². The van der Waals surface area contributed by atoms with E-state index in [1.807, 2.05) is 18.5 Å². The lowest BCUT2D eigenvalue weighted by Gasteiger charge is -2.46. The van der Waals surface area contributed by atoms with Gasteiger partial charge in [-0.25, -0.2) is 0 Å². The first-order valence-corrected chi connectivity index (χ1v) is 8.75. The standard InChI is InChI=1S/C18H25N3O2/c22-18(17-3-5-23-13-17)21-11-15-6-16(12-21)10-20(9-15)8-14-2-1-4-19-7-14/h1-2,4,7,15-17H,3,5-6,8-13H2/t15-,16-,17-/m0/s1. The third kappa shape index (κ3) is 3.40. The molecule has 3 aliphatic rings. The average Bonchev–Trinajstić information content (AvgIpc) is 3.08. The summed E-state index contributed by atoms with van der Waals surface area (Å²) >= 11 is 0. The number of amides is 1. The van der Waals surface area contributed by atoms with E-state index < -0.39 is 0 Å². The Kier molecular flexibility index (Phi) is 4.31. The molecule has 1 amide bonds. The summed E-state index contributed by atoms with van der Waals surface area (Å²) in [5, 5.41) is 0. The number of nitrogens with zero attached hydrogens (tertiary/aromatic N) is 3. The highest BCUT2D eigenvalue weighted by atomic mass is 16.5. The van der Waals surface area contributed by atoms with Gasteiger partial charge in [-0.15, -0.1) is 0 Å². The summed E-state index contributed by atoms with van der Waals surface area (Å²) in [5.41, 5.74) is 1.28. The number of rotatable bonds is 3. The van der Waals surface area contributed by atoms with Gasteiger partial charge in [0.05, 0.1) is 12.5 Å². The van der Waals surface area contributed by atoms with Crippen LogP contribution in [0.1, 0.15) is 18.4 Å². The Hall–Kier alpha value is -1.46.